The molecule has 0 heterocycles. The first kappa shape index (κ1) is 12.6. The van der Waals surface area contributed by atoms with E-state index in [1.165, 1.54) is 0 Å². The van der Waals surface area contributed by atoms with Crippen LogP contribution >= 0.6 is 0 Å². The molecule has 0 spiro atoms. The fraction of sp³-hybridized carbons (Fsp3) is 0.267. The fourth-order valence-corrected chi connectivity index (χ4v) is 2.35. The van der Waals surface area contributed by atoms with Crippen molar-refractivity contribution >= 4 is 16.7 Å². The second-order valence-corrected chi connectivity index (χ2v) is 4.67. The summed E-state index contributed by atoms with van der Waals surface area (Å²) < 4.78 is 0. The van der Waals surface area contributed by atoms with Crippen molar-refractivity contribution in [3.63, 3.8) is 0 Å². The number of aliphatic carboxylic acids is 1. The van der Waals surface area contributed by atoms with Crippen LogP contribution in [0.15, 0.2) is 36.4 Å². The van der Waals surface area contributed by atoms with Crippen LogP contribution in [-0.2, 0) is 4.79 Å². The van der Waals surface area contributed by atoms with Gasteiger partial charge in [0.1, 0.15) is 6.04 Å². The highest BCUT2D eigenvalue weighted by atomic mass is 16.4. The Labute approximate surface area is 106 Å². The van der Waals surface area contributed by atoms with Crippen LogP contribution in [0, 0.1) is 6.92 Å². The maximum Gasteiger partial charge on any atom is 0.321 e. The zero-order chi connectivity index (χ0) is 13.3. The summed E-state index contributed by atoms with van der Waals surface area (Å²) in [6, 6.07) is 11.1. The molecule has 0 amide bonds. The predicted octanol–water partition coefficient (Wildman–Crippen LogP) is 2.66. The molecule has 0 saturated carbocycles. The van der Waals surface area contributed by atoms with E-state index in [2.05, 4.69) is 0 Å². The van der Waals surface area contributed by atoms with Crippen LogP contribution in [0.4, 0.5) is 0 Å². The third-order valence-electron chi connectivity index (χ3n) is 3.46. The molecule has 2 unspecified atom stereocenters. The number of rotatable bonds is 3. The van der Waals surface area contributed by atoms with Gasteiger partial charge >= 0.3 is 5.97 Å². The second-order valence-electron chi connectivity index (χ2n) is 4.67. The van der Waals surface area contributed by atoms with E-state index in [4.69, 9.17) is 10.8 Å². The topological polar surface area (TPSA) is 63.3 Å². The van der Waals surface area contributed by atoms with E-state index in [9.17, 15) is 4.79 Å². The van der Waals surface area contributed by atoms with Gasteiger partial charge in [-0.3, -0.25) is 4.79 Å². The Morgan fingerprint density at radius 2 is 1.83 bits per heavy atom. The summed E-state index contributed by atoms with van der Waals surface area (Å²) in [5.41, 5.74) is 7.88. The Morgan fingerprint density at radius 1 is 1.22 bits per heavy atom. The third kappa shape index (κ3) is 2.09. The Hall–Kier alpha value is -1.87. The fourth-order valence-electron chi connectivity index (χ4n) is 2.35. The summed E-state index contributed by atoms with van der Waals surface area (Å²) in [5.74, 6) is -1.18. The van der Waals surface area contributed by atoms with Crippen molar-refractivity contribution in [2.24, 2.45) is 5.73 Å². The lowest BCUT2D eigenvalue weighted by molar-refractivity contribution is -0.138. The van der Waals surface area contributed by atoms with Crippen LogP contribution in [0.3, 0.4) is 0 Å². The minimum absolute atomic E-state index is 0.215. The molecule has 2 aromatic carbocycles. The molecule has 0 saturated heterocycles. The van der Waals surface area contributed by atoms with Gasteiger partial charge in [-0.1, -0.05) is 43.3 Å². The minimum Gasteiger partial charge on any atom is -0.480 e. The maximum absolute atomic E-state index is 11.0. The van der Waals surface area contributed by atoms with Crippen molar-refractivity contribution in [2.45, 2.75) is 25.8 Å². The summed E-state index contributed by atoms with van der Waals surface area (Å²) in [6.07, 6.45) is 0. The number of aryl methyl sites for hydroxylation is 1. The summed E-state index contributed by atoms with van der Waals surface area (Å²) in [4.78, 5) is 11.0. The normalized spacial score (nSPS) is 14.4. The zero-order valence-corrected chi connectivity index (χ0v) is 10.6. The standard InChI is InChI=1S/C15H17NO2/c1-9-5-3-6-11-7-4-8-12(13(9)11)10(2)14(16)15(17)18/h3-8,10,14H,16H2,1-2H3,(H,17,18). The molecule has 2 aromatic rings. The summed E-state index contributed by atoms with van der Waals surface area (Å²) in [7, 11) is 0. The van der Waals surface area contributed by atoms with Crippen molar-refractivity contribution in [3.05, 3.63) is 47.5 Å². The summed E-state index contributed by atoms with van der Waals surface area (Å²) in [6.45, 7) is 3.89. The Bertz CT molecular complexity index is 587. The Morgan fingerprint density at radius 3 is 2.44 bits per heavy atom. The van der Waals surface area contributed by atoms with Gasteiger partial charge in [-0.2, -0.15) is 0 Å². The Balaban J connectivity index is 2.61. The zero-order valence-electron chi connectivity index (χ0n) is 10.6. The molecule has 18 heavy (non-hydrogen) atoms. The highest BCUT2D eigenvalue weighted by Gasteiger charge is 2.23. The molecule has 2 rings (SSSR count). The molecule has 94 valence electrons. The molecule has 0 radical (unpaired) electrons. The second kappa shape index (κ2) is 4.78. The van der Waals surface area contributed by atoms with Gasteiger partial charge in [0.25, 0.3) is 0 Å². The molecule has 3 nitrogen and oxygen atoms in total. The largest absolute Gasteiger partial charge is 0.480 e. The summed E-state index contributed by atoms with van der Waals surface area (Å²) in [5, 5.41) is 11.3. The van der Waals surface area contributed by atoms with E-state index < -0.39 is 12.0 Å². The molecule has 2 atom stereocenters. The van der Waals surface area contributed by atoms with Crippen LogP contribution in [-0.4, -0.2) is 17.1 Å². The van der Waals surface area contributed by atoms with E-state index in [0.717, 1.165) is 21.9 Å². The van der Waals surface area contributed by atoms with Gasteiger partial charge in [0.15, 0.2) is 0 Å². The predicted molar refractivity (Wildman–Crippen MR) is 72.7 cm³/mol. The van der Waals surface area contributed by atoms with E-state index in [0.29, 0.717) is 0 Å². The van der Waals surface area contributed by atoms with Gasteiger partial charge in [-0.05, 0) is 28.8 Å². The number of carbonyl (C=O) groups is 1. The molecule has 0 aliphatic rings. The molecule has 0 aliphatic carbocycles. The lowest BCUT2D eigenvalue weighted by Gasteiger charge is -2.19. The Kier molecular flexibility index (Phi) is 3.34. The van der Waals surface area contributed by atoms with E-state index in [1.807, 2.05) is 50.2 Å². The van der Waals surface area contributed by atoms with Crippen LogP contribution in [0.2, 0.25) is 0 Å². The number of fused-ring (bicyclic) bond motifs is 1. The van der Waals surface area contributed by atoms with Crippen molar-refractivity contribution in [1.29, 1.82) is 0 Å². The number of carboxylic acids is 1. The molecule has 0 aliphatic heterocycles. The number of hydrogen-bond donors (Lipinski definition) is 2. The van der Waals surface area contributed by atoms with Crippen molar-refractivity contribution in [1.82, 2.24) is 0 Å². The highest BCUT2D eigenvalue weighted by molar-refractivity contribution is 5.90. The molecule has 0 fully saturated rings. The third-order valence-corrected chi connectivity index (χ3v) is 3.46. The van der Waals surface area contributed by atoms with Gasteiger partial charge in [0, 0.05) is 5.92 Å². The molecular formula is C15H17NO2. The number of benzene rings is 2. The van der Waals surface area contributed by atoms with Crippen molar-refractivity contribution < 1.29 is 9.90 Å². The summed E-state index contributed by atoms with van der Waals surface area (Å²) >= 11 is 0. The quantitative estimate of drug-likeness (QED) is 0.871. The number of nitrogens with two attached hydrogens (primary N) is 1. The molecule has 3 heteroatoms. The van der Waals surface area contributed by atoms with Gasteiger partial charge in [-0.25, -0.2) is 0 Å². The first-order valence-corrected chi connectivity index (χ1v) is 5.99. The average Bonchev–Trinajstić information content (AvgIpc) is 2.36. The van der Waals surface area contributed by atoms with Crippen LogP contribution < -0.4 is 5.73 Å². The van der Waals surface area contributed by atoms with Crippen molar-refractivity contribution in [3.8, 4) is 0 Å². The van der Waals surface area contributed by atoms with E-state index >= 15 is 0 Å². The highest BCUT2D eigenvalue weighted by Crippen LogP contribution is 2.29. The lowest BCUT2D eigenvalue weighted by Crippen LogP contribution is -2.35. The van der Waals surface area contributed by atoms with E-state index in [1.54, 1.807) is 0 Å². The molecule has 0 bridgehead atoms. The van der Waals surface area contributed by atoms with Crippen molar-refractivity contribution in [2.75, 3.05) is 0 Å². The molecule has 0 aromatic heterocycles. The minimum atomic E-state index is -0.965. The van der Waals surface area contributed by atoms with Gasteiger partial charge in [0.2, 0.25) is 0 Å². The van der Waals surface area contributed by atoms with Crippen LogP contribution in [0.1, 0.15) is 24.0 Å². The van der Waals surface area contributed by atoms with Gasteiger partial charge in [-0.15, -0.1) is 0 Å². The van der Waals surface area contributed by atoms with Gasteiger partial charge < -0.3 is 10.8 Å². The molecule has 3 N–H and O–H groups in total. The molecular weight excluding hydrogens is 226 g/mol. The van der Waals surface area contributed by atoms with Crippen LogP contribution in [0.5, 0.6) is 0 Å². The average molecular weight is 243 g/mol. The maximum atomic E-state index is 11.0. The SMILES string of the molecule is Cc1cccc2cccc(C(C)C(N)C(=O)O)c12. The smallest absolute Gasteiger partial charge is 0.321 e. The van der Waals surface area contributed by atoms with Gasteiger partial charge in [0.05, 0.1) is 0 Å². The van der Waals surface area contributed by atoms with Crippen LogP contribution in [0.25, 0.3) is 10.8 Å². The monoisotopic (exact) mass is 243 g/mol. The number of carboxylic acid groups (broad SMARTS) is 1. The lowest BCUT2D eigenvalue weighted by atomic mass is 9.88. The first-order chi connectivity index (χ1) is 8.52. The number of hydrogen-bond acceptors (Lipinski definition) is 2. The first-order valence-electron chi connectivity index (χ1n) is 5.99. The van der Waals surface area contributed by atoms with E-state index in [-0.39, 0.29) is 5.92 Å².